The predicted octanol–water partition coefficient (Wildman–Crippen LogP) is 4.08. The first kappa shape index (κ1) is 17.0. The summed E-state index contributed by atoms with van der Waals surface area (Å²) in [6, 6.07) is 9.59. The van der Waals surface area contributed by atoms with Gasteiger partial charge in [0.1, 0.15) is 11.3 Å². The lowest BCUT2D eigenvalue weighted by atomic mass is 10.1. The molecule has 0 aliphatic carbocycles. The van der Waals surface area contributed by atoms with E-state index in [-0.39, 0.29) is 17.4 Å². The van der Waals surface area contributed by atoms with E-state index in [1.54, 1.807) is 0 Å². The maximum Gasteiger partial charge on any atom is 0.263 e. The zero-order chi connectivity index (χ0) is 17.8. The maximum absolute atomic E-state index is 12.6. The molecule has 2 aromatic heterocycles. The Morgan fingerprint density at radius 1 is 1.24 bits per heavy atom. The monoisotopic (exact) mass is 356 g/mol. The Morgan fingerprint density at radius 3 is 2.56 bits per heavy atom. The molecule has 130 valence electrons. The zero-order valence-electron chi connectivity index (χ0n) is 14.2. The summed E-state index contributed by atoms with van der Waals surface area (Å²) < 4.78 is 5.02. The van der Waals surface area contributed by atoms with Crippen LogP contribution in [0.15, 0.2) is 45.6 Å². The highest BCUT2D eigenvalue weighted by molar-refractivity contribution is 7.08. The molecular weight excluding hydrogens is 336 g/mol. The minimum Gasteiger partial charge on any atom is -0.372 e. The Balaban J connectivity index is 1.80. The van der Waals surface area contributed by atoms with Crippen LogP contribution in [0.4, 0.5) is 17.3 Å². The normalized spacial score (nSPS) is 10.6. The van der Waals surface area contributed by atoms with Crippen LogP contribution in [0.5, 0.6) is 0 Å². The Kier molecular flexibility index (Phi) is 5.04. The van der Waals surface area contributed by atoms with Crippen LogP contribution in [0.3, 0.4) is 0 Å². The number of aromatic nitrogens is 1. The number of amides is 1. The Labute approximate surface area is 150 Å². The Morgan fingerprint density at radius 2 is 1.96 bits per heavy atom. The highest BCUT2D eigenvalue weighted by Gasteiger charge is 2.22. The minimum atomic E-state index is -0.337. The van der Waals surface area contributed by atoms with Crippen molar-refractivity contribution in [2.75, 3.05) is 29.0 Å². The fourth-order valence-electron chi connectivity index (χ4n) is 2.66. The molecule has 3 aromatic rings. The van der Waals surface area contributed by atoms with Gasteiger partial charge in [0.25, 0.3) is 5.91 Å². The lowest BCUT2D eigenvalue weighted by Gasteiger charge is -2.21. The van der Waals surface area contributed by atoms with Crippen LogP contribution in [-0.2, 0) is 0 Å². The van der Waals surface area contributed by atoms with E-state index in [9.17, 15) is 4.79 Å². The first-order chi connectivity index (χ1) is 12.1. The second-order valence-electron chi connectivity index (χ2n) is 5.46. The first-order valence-corrected chi connectivity index (χ1v) is 9.02. The van der Waals surface area contributed by atoms with Crippen molar-refractivity contribution >= 4 is 34.5 Å². The van der Waals surface area contributed by atoms with E-state index in [2.05, 4.69) is 29.2 Å². The Bertz CT molecular complexity index is 837. The smallest absolute Gasteiger partial charge is 0.263 e. The van der Waals surface area contributed by atoms with Gasteiger partial charge in [-0.3, -0.25) is 4.79 Å². The molecule has 0 atom stereocenters. The number of carbonyl (C=O) groups excluding carboxylic acids is 1. The number of benzene rings is 1. The molecule has 0 saturated heterocycles. The molecule has 1 amide bonds. The molecule has 0 aliphatic rings. The van der Waals surface area contributed by atoms with Crippen LogP contribution in [-0.4, -0.2) is 24.2 Å². The molecule has 3 rings (SSSR count). The molecular formula is C18H20N4O2S. The van der Waals surface area contributed by atoms with Crippen LogP contribution in [0, 0.1) is 0 Å². The molecule has 2 heterocycles. The fraction of sp³-hybridized carbons (Fsp3) is 0.222. The summed E-state index contributed by atoms with van der Waals surface area (Å²) >= 11 is 1.52. The SMILES string of the molecule is CCN(CC)c1ccc(NC(=O)c2c(-c3ccsc3)noc2N)cc1. The summed E-state index contributed by atoms with van der Waals surface area (Å²) in [4.78, 5) is 14.9. The number of hydrogen-bond donors (Lipinski definition) is 2. The van der Waals surface area contributed by atoms with Crippen LogP contribution in [0.2, 0.25) is 0 Å². The molecule has 25 heavy (non-hydrogen) atoms. The Hall–Kier alpha value is -2.80. The quantitative estimate of drug-likeness (QED) is 0.695. The van der Waals surface area contributed by atoms with Crippen LogP contribution in [0.25, 0.3) is 11.3 Å². The topological polar surface area (TPSA) is 84.4 Å². The van der Waals surface area contributed by atoms with Gasteiger partial charge in [0.05, 0.1) is 0 Å². The molecule has 0 unspecified atom stereocenters. The number of rotatable bonds is 6. The third-order valence-corrected chi connectivity index (χ3v) is 4.68. The highest BCUT2D eigenvalue weighted by Crippen LogP contribution is 2.29. The summed E-state index contributed by atoms with van der Waals surface area (Å²) in [5.74, 6) is -0.325. The van der Waals surface area contributed by atoms with Gasteiger partial charge in [-0.1, -0.05) is 5.16 Å². The number of hydrogen-bond acceptors (Lipinski definition) is 6. The van der Waals surface area contributed by atoms with Crippen molar-refractivity contribution in [1.29, 1.82) is 0 Å². The zero-order valence-corrected chi connectivity index (χ0v) is 15.0. The van der Waals surface area contributed by atoms with Gasteiger partial charge in [-0.15, -0.1) is 0 Å². The molecule has 0 radical (unpaired) electrons. The van der Waals surface area contributed by atoms with Crippen molar-refractivity contribution < 1.29 is 9.32 Å². The summed E-state index contributed by atoms with van der Waals surface area (Å²) in [5, 5.41) is 10.6. The average molecular weight is 356 g/mol. The van der Waals surface area contributed by atoms with E-state index >= 15 is 0 Å². The molecule has 0 fully saturated rings. The van der Waals surface area contributed by atoms with Crippen LogP contribution in [0.1, 0.15) is 24.2 Å². The van der Waals surface area contributed by atoms with Gasteiger partial charge in [0, 0.05) is 35.4 Å². The molecule has 0 bridgehead atoms. The van der Waals surface area contributed by atoms with E-state index in [1.807, 2.05) is 41.1 Å². The van der Waals surface area contributed by atoms with Gasteiger partial charge in [-0.25, -0.2) is 0 Å². The van der Waals surface area contributed by atoms with Crippen molar-refractivity contribution in [3.05, 3.63) is 46.7 Å². The lowest BCUT2D eigenvalue weighted by molar-refractivity contribution is 0.102. The van der Waals surface area contributed by atoms with E-state index in [0.717, 1.165) is 24.3 Å². The van der Waals surface area contributed by atoms with Crippen molar-refractivity contribution in [2.45, 2.75) is 13.8 Å². The van der Waals surface area contributed by atoms with Crippen molar-refractivity contribution in [3.63, 3.8) is 0 Å². The van der Waals surface area contributed by atoms with E-state index < -0.39 is 0 Å². The molecule has 0 saturated carbocycles. The molecule has 6 nitrogen and oxygen atoms in total. The fourth-order valence-corrected chi connectivity index (χ4v) is 3.30. The largest absolute Gasteiger partial charge is 0.372 e. The number of nitrogen functional groups attached to an aromatic ring is 1. The number of nitrogens with two attached hydrogens (primary N) is 1. The molecule has 0 spiro atoms. The van der Waals surface area contributed by atoms with Gasteiger partial charge in [-0.2, -0.15) is 11.3 Å². The third-order valence-electron chi connectivity index (χ3n) is 3.99. The summed E-state index contributed by atoms with van der Waals surface area (Å²) in [7, 11) is 0. The van der Waals surface area contributed by atoms with Crippen molar-refractivity contribution in [3.8, 4) is 11.3 Å². The average Bonchev–Trinajstić information content (AvgIpc) is 3.26. The second-order valence-corrected chi connectivity index (χ2v) is 6.24. The van der Waals surface area contributed by atoms with Crippen molar-refractivity contribution in [2.24, 2.45) is 0 Å². The van der Waals surface area contributed by atoms with Crippen LogP contribution >= 0.6 is 11.3 Å². The number of carbonyl (C=O) groups is 1. The minimum absolute atomic E-state index is 0.0125. The number of nitrogens with one attached hydrogen (secondary N) is 1. The molecule has 3 N–H and O–H groups in total. The molecule has 7 heteroatoms. The van der Waals surface area contributed by atoms with Gasteiger partial charge in [0.15, 0.2) is 0 Å². The second kappa shape index (κ2) is 7.40. The van der Waals surface area contributed by atoms with Gasteiger partial charge >= 0.3 is 0 Å². The number of nitrogens with zero attached hydrogens (tertiary/aromatic N) is 2. The molecule has 1 aromatic carbocycles. The number of anilines is 3. The van der Waals surface area contributed by atoms with E-state index in [1.165, 1.54) is 11.3 Å². The standard InChI is InChI=1S/C18H20N4O2S/c1-3-22(4-2)14-7-5-13(6-8-14)20-18(23)15-16(21-24-17(15)19)12-9-10-25-11-12/h5-11H,3-4,19H2,1-2H3,(H,20,23). The maximum atomic E-state index is 12.6. The summed E-state index contributed by atoms with van der Waals surface area (Å²) in [6.45, 7) is 6.09. The van der Waals surface area contributed by atoms with Crippen LogP contribution < -0.4 is 16.0 Å². The van der Waals surface area contributed by atoms with Gasteiger partial charge < -0.3 is 20.5 Å². The van der Waals surface area contributed by atoms with Crippen molar-refractivity contribution in [1.82, 2.24) is 5.16 Å². The number of thiophene rings is 1. The lowest BCUT2D eigenvalue weighted by Crippen LogP contribution is -2.21. The first-order valence-electron chi connectivity index (χ1n) is 8.08. The summed E-state index contributed by atoms with van der Waals surface area (Å²) in [5.41, 5.74) is 9.14. The molecule has 0 aliphatic heterocycles. The van der Waals surface area contributed by atoms with Gasteiger partial charge in [-0.05, 0) is 49.6 Å². The highest BCUT2D eigenvalue weighted by atomic mass is 32.1. The van der Waals surface area contributed by atoms with Gasteiger partial charge in [0.2, 0.25) is 5.88 Å². The van der Waals surface area contributed by atoms with E-state index in [0.29, 0.717) is 11.4 Å². The predicted molar refractivity (Wildman–Crippen MR) is 102 cm³/mol. The third kappa shape index (κ3) is 3.51. The van der Waals surface area contributed by atoms with E-state index in [4.69, 9.17) is 10.3 Å². The summed E-state index contributed by atoms with van der Waals surface area (Å²) in [6.07, 6.45) is 0.